The zero-order valence-corrected chi connectivity index (χ0v) is 11.7. The number of hydrogen-bond donors (Lipinski definition) is 1. The van der Waals surface area contributed by atoms with E-state index in [9.17, 15) is 5.11 Å². The molecule has 1 aromatic heterocycles. The highest BCUT2D eigenvalue weighted by molar-refractivity contribution is 5.82. The first-order chi connectivity index (χ1) is 10.3. The Bertz CT molecular complexity index is 766. The van der Waals surface area contributed by atoms with Crippen LogP contribution in [0.2, 0.25) is 0 Å². The molecular weight excluding hydrogens is 258 g/mol. The molecule has 1 aliphatic rings. The van der Waals surface area contributed by atoms with Gasteiger partial charge < -0.3 is 5.11 Å². The first-order valence-corrected chi connectivity index (χ1v) is 7.41. The molecule has 2 heteroatoms. The first-order valence-electron chi connectivity index (χ1n) is 7.41. The maximum atomic E-state index is 10.9. The molecule has 1 atom stereocenters. The van der Waals surface area contributed by atoms with E-state index in [1.165, 1.54) is 11.1 Å². The Kier molecular flexibility index (Phi) is 2.97. The van der Waals surface area contributed by atoms with Crippen LogP contribution in [-0.2, 0) is 12.8 Å². The number of nitrogens with zero attached hydrogens (tertiary/aromatic N) is 1. The number of aliphatic hydroxyl groups excluding tert-OH is 1. The minimum absolute atomic E-state index is 0.258. The van der Waals surface area contributed by atoms with Crippen molar-refractivity contribution in [2.24, 2.45) is 5.92 Å². The summed E-state index contributed by atoms with van der Waals surface area (Å²) in [4.78, 5) is 4.38. The summed E-state index contributed by atoms with van der Waals surface area (Å²) < 4.78 is 0. The molecule has 0 amide bonds. The molecule has 0 saturated heterocycles. The topological polar surface area (TPSA) is 33.1 Å². The molecule has 4 rings (SSSR count). The number of rotatable bonds is 2. The molecule has 104 valence electrons. The second-order valence-corrected chi connectivity index (χ2v) is 5.80. The fourth-order valence-corrected chi connectivity index (χ4v) is 3.46. The Hall–Kier alpha value is -2.19. The van der Waals surface area contributed by atoms with Crippen LogP contribution < -0.4 is 0 Å². The second-order valence-electron chi connectivity index (χ2n) is 5.80. The number of fused-ring (bicyclic) bond motifs is 2. The molecule has 2 aromatic carbocycles. The molecule has 3 aromatic rings. The van der Waals surface area contributed by atoms with Crippen LogP contribution >= 0.6 is 0 Å². The molecule has 0 spiro atoms. The molecule has 21 heavy (non-hydrogen) atoms. The molecule has 0 bridgehead atoms. The maximum Gasteiger partial charge on any atom is 0.0831 e. The smallest absolute Gasteiger partial charge is 0.0831 e. The van der Waals surface area contributed by atoms with Gasteiger partial charge in [-0.25, -0.2) is 0 Å². The minimum Gasteiger partial charge on any atom is -0.388 e. The molecule has 0 radical (unpaired) electrons. The number of pyridine rings is 1. The van der Waals surface area contributed by atoms with Crippen LogP contribution in [0.25, 0.3) is 10.9 Å². The SMILES string of the molecule is OC(c1cccc2ncccc12)C1Cc2ccccc2C1. The van der Waals surface area contributed by atoms with Crippen molar-refractivity contribution in [3.8, 4) is 0 Å². The van der Waals surface area contributed by atoms with Crippen molar-refractivity contribution in [1.82, 2.24) is 4.98 Å². The van der Waals surface area contributed by atoms with E-state index in [0.717, 1.165) is 29.3 Å². The van der Waals surface area contributed by atoms with Gasteiger partial charge in [-0.1, -0.05) is 42.5 Å². The Morgan fingerprint density at radius 3 is 2.43 bits per heavy atom. The number of hydrogen-bond acceptors (Lipinski definition) is 2. The number of aliphatic hydroxyl groups is 1. The van der Waals surface area contributed by atoms with Crippen molar-refractivity contribution < 1.29 is 5.11 Å². The van der Waals surface area contributed by atoms with Crippen LogP contribution in [0.15, 0.2) is 60.8 Å². The average Bonchev–Trinajstić information content (AvgIpc) is 2.97. The van der Waals surface area contributed by atoms with Gasteiger partial charge in [0, 0.05) is 11.6 Å². The van der Waals surface area contributed by atoms with Crippen LogP contribution in [0.3, 0.4) is 0 Å². The lowest BCUT2D eigenvalue weighted by atomic mass is 9.91. The van der Waals surface area contributed by atoms with Crippen LogP contribution in [0.1, 0.15) is 22.8 Å². The van der Waals surface area contributed by atoms with Gasteiger partial charge in [0.25, 0.3) is 0 Å². The summed E-state index contributed by atoms with van der Waals surface area (Å²) in [6.45, 7) is 0. The summed E-state index contributed by atoms with van der Waals surface area (Å²) in [6, 6.07) is 18.5. The van der Waals surface area contributed by atoms with E-state index in [-0.39, 0.29) is 5.92 Å². The Morgan fingerprint density at radius 1 is 0.905 bits per heavy atom. The zero-order chi connectivity index (χ0) is 14.2. The van der Waals surface area contributed by atoms with Gasteiger partial charge in [0.15, 0.2) is 0 Å². The van der Waals surface area contributed by atoms with Crippen molar-refractivity contribution >= 4 is 10.9 Å². The number of benzene rings is 2. The van der Waals surface area contributed by atoms with Crippen molar-refractivity contribution in [3.63, 3.8) is 0 Å². The van der Waals surface area contributed by atoms with Crippen LogP contribution in [0.4, 0.5) is 0 Å². The van der Waals surface area contributed by atoms with Gasteiger partial charge in [-0.15, -0.1) is 0 Å². The molecule has 0 saturated carbocycles. The molecule has 1 heterocycles. The second kappa shape index (κ2) is 4.97. The largest absolute Gasteiger partial charge is 0.388 e. The molecule has 0 fully saturated rings. The van der Waals surface area contributed by atoms with Crippen molar-refractivity contribution in [2.75, 3.05) is 0 Å². The maximum absolute atomic E-state index is 10.9. The Labute approximate surface area is 124 Å². The summed E-state index contributed by atoms with van der Waals surface area (Å²) >= 11 is 0. The third kappa shape index (κ3) is 2.12. The van der Waals surface area contributed by atoms with E-state index in [4.69, 9.17) is 0 Å². The lowest BCUT2D eigenvalue weighted by Gasteiger charge is -2.19. The van der Waals surface area contributed by atoms with Gasteiger partial charge in [0.2, 0.25) is 0 Å². The van der Waals surface area contributed by atoms with Crippen molar-refractivity contribution in [2.45, 2.75) is 18.9 Å². The molecular formula is C19H17NO. The first kappa shape index (κ1) is 12.5. The standard InChI is InChI=1S/C19H17NO/c21-19(15-11-13-5-1-2-6-14(13)12-15)17-7-3-9-18-16(17)8-4-10-20-18/h1-10,15,19,21H,11-12H2. The minimum atomic E-state index is -0.440. The van der Waals surface area contributed by atoms with Gasteiger partial charge in [-0.05, 0) is 47.6 Å². The van der Waals surface area contributed by atoms with E-state index in [1.54, 1.807) is 6.20 Å². The molecule has 1 N–H and O–H groups in total. The summed E-state index contributed by atoms with van der Waals surface area (Å²) in [5, 5.41) is 11.9. The summed E-state index contributed by atoms with van der Waals surface area (Å²) in [7, 11) is 0. The quantitative estimate of drug-likeness (QED) is 0.774. The molecule has 0 aliphatic heterocycles. The molecule has 1 unspecified atom stereocenters. The van der Waals surface area contributed by atoms with Gasteiger partial charge in [-0.2, -0.15) is 0 Å². The number of aromatic nitrogens is 1. The summed E-state index contributed by atoms with van der Waals surface area (Å²) in [5.41, 5.74) is 4.70. The van der Waals surface area contributed by atoms with Gasteiger partial charge in [0.05, 0.1) is 11.6 Å². The lowest BCUT2D eigenvalue weighted by Crippen LogP contribution is -2.13. The Morgan fingerprint density at radius 2 is 1.67 bits per heavy atom. The van der Waals surface area contributed by atoms with Crippen LogP contribution in [0.5, 0.6) is 0 Å². The normalized spacial score (nSPS) is 16.0. The van der Waals surface area contributed by atoms with E-state index >= 15 is 0 Å². The third-order valence-corrected chi connectivity index (χ3v) is 4.53. The van der Waals surface area contributed by atoms with E-state index in [1.807, 2.05) is 30.3 Å². The van der Waals surface area contributed by atoms with E-state index < -0.39 is 6.10 Å². The highest BCUT2D eigenvalue weighted by Crippen LogP contribution is 2.37. The molecule has 2 nitrogen and oxygen atoms in total. The average molecular weight is 275 g/mol. The van der Waals surface area contributed by atoms with Gasteiger partial charge in [0.1, 0.15) is 0 Å². The van der Waals surface area contributed by atoms with Crippen LogP contribution in [-0.4, -0.2) is 10.1 Å². The van der Waals surface area contributed by atoms with Crippen LogP contribution in [0, 0.1) is 5.92 Å². The third-order valence-electron chi connectivity index (χ3n) is 4.53. The highest BCUT2D eigenvalue weighted by atomic mass is 16.3. The molecule has 1 aliphatic carbocycles. The van der Waals surface area contributed by atoms with Gasteiger partial charge in [-0.3, -0.25) is 4.98 Å². The fourth-order valence-electron chi connectivity index (χ4n) is 3.46. The monoisotopic (exact) mass is 275 g/mol. The predicted octanol–water partition coefficient (Wildman–Crippen LogP) is 3.68. The summed E-state index contributed by atoms with van der Waals surface area (Å²) in [6.07, 6.45) is 3.26. The zero-order valence-electron chi connectivity index (χ0n) is 11.7. The highest BCUT2D eigenvalue weighted by Gasteiger charge is 2.29. The van der Waals surface area contributed by atoms with Crippen molar-refractivity contribution in [1.29, 1.82) is 0 Å². The van der Waals surface area contributed by atoms with Crippen molar-refractivity contribution in [3.05, 3.63) is 77.5 Å². The lowest BCUT2D eigenvalue weighted by molar-refractivity contribution is 0.115. The Balaban J connectivity index is 1.71. The van der Waals surface area contributed by atoms with E-state index in [0.29, 0.717) is 0 Å². The van der Waals surface area contributed by atoms with E-state index in [2.05, 4.69) is 29.2 Å². The summed E-state index contributed by atoms with van der Waals surface area (Å²) in [5.74, 6) is 0.258. The predicted molar refractivity (Wildman–Crippen MR) is 84.0 cm³/mol. The fraction of sp³-hybridized carbons (Fsp3) is 0.211. The van der Waals surface area contributed by atoms with Gasteiger partial charge >= 0.3 is 0 Å².